The van der Waals surface area contributed by atoms with Crippen molar-refractivity contribution in [2.24, 2.45) is 5.92 Å². The molecule has 3 atom stereocenters. The van der Waals surface area contributed by atoms with Crippen LogP contribution >= 0.6 is 0 Å². The van der Waals surface area contributed by atoms with Crippen LogP contribution in [-0.4, -0.2) is 23.7 Å². The smallest absolute Gasteiger partial charge is 0.228 e. The first kappa shape index (κ1) is 15.7. The normalized spacial score (nSPS) is 15.6. The van der Waals surface area contributed by atoms with Crippen molar-refractivity contribution in [1.82, 2.24) is 5.32 Å². The Kier molecular flexibility index (Phi) is 6.57. The Bertz CT molecular complexity index is 374. The van der Waals surface area contributed by atoms with Gasteiger partial charge in [0.15, 0.2) is 0 Å². The third-order valence-corrected chi connectivity index (χ3v) is 3.71. The number of carbonyl (C=O) groups is 1. The lowest BCUT2D eigenvalue weighted by molar-refractivity contribution is -0.124. The SMILES string of the molecule is CCC(CO)NC(=O)C(c1ccccc1)C(C)CC. The van der Waals surface area contributed by atoms with Gasteiger partial charge in [-0.2, -0.15) is 0 Å². The standard InChI is InChI=1S/C16H25NO2/c1-4-12(3)15(13-9-7-6-8-10-13)16(19)17-14(5-2)11-18/h6-10,12,14-15,18H,4-5,11H2,1-3H3,(H,17,19). The van der Waals surface area contributed by atoms with Gasteiger partial charge in [0.2, 0.25) is 5.91 Å². The van der Waals surface area contributed by atoms with Gasteiger partial charge in [-0.05, 0) is 17.9 Å². The molecule has 106 valence electrons. The van der Waals surface area contributed by atoms with Gasteiger partial charge in [-0.3, -0.25) is 4.79 Å². The van der Waals surface area contributed by atoms with Crippen LogP contribution in [0, 0.1) is 5.92 Å². The van der Waals surface area contributed by atoms with Crippen LogP contribution in [0.4, 0.5) is 0 Å². The van der Waals surface area contributed by atoms with Crippen LogP contribution < -0.4 is 5.32 Å². The molecular formula is C16H25NO2. The quantitative estimate of drug-likeness (QED) is 0.794. The molecule has 0 heterocycles. The summed E-state index contributed by atoms with van der Waals surface area (Å²) in [6.45, 7) is 6.14. The average molecular weight is 263 g/mol. The second-order valence-electron chi connectivity index (χ2n) is 5.07. The molecule has 1 aromatic carbocycles. The van der Waals surface area contributed by atoms with E-state index in [9.17, 15) is 9.90 Å². The first-order chi connectivity index (χ1) is 9.13. The summed E-state index contributed by atoms with van der Waals surface area (Å²) in [6, 6.07) is 9.72. The molecule has 0 spiro atoms. The zero-order valence-corrected chi connectivity index (χ0v) is 12.1. The molecule has 0 saturated heterocycles. The van der Waals surface area contributed by atoms with Gasteiger partial charge >= 0.3 is 0 Å². The van der Waals surface area contributed by atoms with Gasteiger partial charge in [0, 0.05) is 0 Å². The zero-order chi connectivity index (χ0) is 14.3. The molecule has 0 aliphatic rings. The second kappa shape index (κ2) is 7.95. The highest BCUT2D eigenvalue weighted by Crippen LogP contribution is 2.27. The number of aliphatic hydroxyl groups is 1. The van der Waals surface area contributed by atoms with E-state index in [1.165, 1.54) is 0 Å². The van der Waals surface area contributed by atoms with E-state index in [1.807, 2.05) is 37.3 Å². The molecule has 3 heteroatoms. The van der Waals surface area contributed by atoms with Crippen LogP contribution in [0.25, 0.3) is 0 Å². The van der Waals surface area contributed by atoms with Gasteiger partial charge in [-0.15, -0.1) is 0 Å². The topological polar surface area (TPSA) is 49.3 Å². The minimum Gasteiger partial charge on any atom is -0.394 e. The number of nitrogens with one attached hydrogen (secondary N) is 1. The summed E-state index contributed by atoms with van der Waals surface area (Å²) in [7, 11) is 0. The van der Waals surface area contributed by atoms with Crippen LogP contribution in [0.2, 0.25) is 0 Å². The lowest BCUT2D eigenvalue weighted by atomic mass is 9.84. The third kappa shape index (κ3) is 4.35. The van der Waals surface area contributed by atoms with Crippen molar-refractivity contribution >= 4 is 5.91 Å². The molecule has 0 fully saturated rings. The van der Waals surface area contributed by atoms with Crippen LogP contribution in [0.15, 0.2) is 30.3 Å². The number of hydrogen-bond acceptors (Lipinski definition) is 2. The Morgan fingerprint density at radius 2 is 1.84 bits per heavy atom. The first-order valence-corrected chi connectivity index (χ1v) is 7.10. The Balaban J connectivity index is 2.89. The average Bonchev–Trinajstić information content (AvgIpc) is 2.45. The van der Waals surface area contributed by atoms with Crippen molar-refractivity contribution in [1.29, 1.82) is 0 Å². The molecule has 1 aromatic rings. The van der Waals surface area contributed by atoms with Gasteiger partial charge in [-0.25, -0.2) is 0 Å². The van der Waals surface area contributed by atoms with Crippen molar-refractivity contribution in [3.63, 3.8) is 0 Å². The van der Waals surface area contributed by atoms with Crippen LogP contribution in [0.1, 0.15) is 45.1 Å². The highest BCUT2D eigenvalue weighted by molar-refractivity contribution is 5.84. The fraction of sp³-hybridized carbons (Fsp3) is 0.562. The Labute approximate surface area is 116 Å². The van der Waals surface area contributed by atoms with Crippen molar-refractivity contribution in [2.75, 3.05) is 6.61 Å². The molecule has 3 nitrogen and oxygen atoms in total. The maximum absolute atomic E-state index is 12.5. The van der Waals surface area contributed by atoms with Crippen LogP contribution in [-0.2, 0) is 4.79 Å². The number of hydrogen-bond donors (Lipinski definition) is 2. The summed E-state index contributed by atoms with van der Waals surface area (Å²) in [5.41, 5.74) is 1.04. The van der Waals surface area contributed by atoms with Gasteiger partial charge in [0.25, 0.3) is 0 Å². The van der Waals surface area contributed by atoms with Crippen molar-refractivity contribution < 1.29 is 9.90 Å². The number of benzene rings is 1. The van der Waals surface area contributed by atoms with E-state index < -0.39 is 0 Å². The minimum absolute atomic E-state index is 0.00967. The number of rotatable bonds is 7. The Morgan fingerprint density at radius 1 is 1.21 bits per heavy atom. The van der Waals surface area contributed by atoms with Crippen molar-refractivity contribution in [3.05, 3.63) is 35.9 Å². The fourth-order valence-corrected chi connectivity index (χ4v) is 2.20. The molecule has 0 radical (unpaired) electrons. The van der Waals surface area contributed by atoms with Crippen molar-refractivity contribution in [3.8, 4) is 0 Å². The predicted octanol–water partition coefficient (Wildman–Crippen LogP) is 2.70. The van der Waals surface area contributed by atoms with E-state index in [-0.39, 0.29) is 30.4 Å². The number of carbonyl (C=O) groups excluding carboxylic acids is 1. The largest absolute Gasteiger partial charge is 0.394 e. The van der Waals surface area contributed by atoms with E-state index in [0.29, 0.717) is 0 Å². The fourth-order valence-electron chi connectivity index (χ4n) is 2.20. The van der Waals surface area contributed by atoms with E-state index in [4.69, 9.17) is 0 Å². The highest BCUT2D eigenvalue weighted by Gasteiger charge is 2.26. The predicted molar refractivity (Wildman–Crippen MR) is 77.9 cm³/mol. The maximum atomic E-state index is 12.5. The van der Waals surface area contributed by atoms with Gasteiger partial charge in [0.05, 0.1) is 18.6 Å². The van der Waals surface area contributed by atoms with E-state index in [2.05, 4.69) is 19.2 Å². The van der Waals surface area contributed by atoms with E-state index >= 15 is 0 Å². The summed E-state index contributed by atoms with van der Waals surface area (Å²) >= 11 is 0. The van der Waals surface area contributed by atoms with Crippen molar-refractivity contribution in [2.45, 2.75) is 45.6 Å². The third-order valence-electron chi connectivity index (χ3n) is 3.71. The molecule has 0 bridgehead atoms. The lowest BCUT2D eigenvalue weighted by Crippen LogP contribution is -2.41. The Morgan fingerprint density at radius 3 is 2.32 bits per heavy atom. The molecule has 1 rings (SSSR count). The second-order valence-corrected chi connectivity index (χ2v) is 5.07. The molecule has 19 heavy (non-hydrogen) atoms. The van der Waals surface area contributed by atoms with E-state index in [0.717, 1.165) is 18.4 Å². The maximum Gasteiger partial charge on any atom is 0.228 e. The summed E-state index contributed by atoms with van der Waals surface area (Å²) in [6.07, 6.45) is 1.69. The van der Waals surface area contributed by atoms with Crippen LogP contribution in [0.5, 0.6) is 0 Å². The molecular weight excluding hydrogens is 238 g/mol. The summed E-state index contributed by atoms with van der Waals surface area (Å²) in [4.78, 5) is 12.5. The van der Waals surface area contributed by atoms with Gasteiger partial charge in [-0.1, -0.05) is 57.5 Å². The highest BCUT2D eigenvalue weighted by atomic mass is 16.3. The lowest BCUT2D eigenvalue weighted by Gasteiger charge is -2.25. The summed E-state index contributed by atoms with van der Waals surface area (Å²) < 4.78 is 0. The van der Waals surface area contributed by atoms with Crippen LogP contribution in [0.3, 0.4) is 0 Å². The molecule has 0 saturated carbocycles. The molecule has 0 aliphatic heterocycles. The molecule has 2 N–H and O–H groups in total. The first-order valence-electron chi connectivity index (χ1n) is 7.10. The van der Waals surface area contributed by atoms with E-state index in [1.54, 1.807) is 0 Å². The Hall–Kier alpha value is -1.35. The number of amides is 1. The molecule has 0 aromatic heterocycles. The minimum atomic E-state index is -0.150. The number of aliphatic hydroxyl groups excluding tert-OH is 1. The molecule has 3 unspecified atom stereocenters. The summed E-state index contributed by atoms with van der Waals surface area (Å²) in [5, 5.41) is 12.1. The summed E-state index contributed by atoms with van der Waals surface area (Å²) in [5.74, 6) is 0.145. The molecule has 1 amide bonds. The molecule has 0 aliphatic carbocycles. The van der Waals surface area contributed by atoms with Gasteiger partial charge in [0.1, 0.15) is 0 Å². The van der Waals surface area contributed by atoms with Gasteiger partial charge < -0.3 is 10.4 Å². The zero-order valence-electron chi connectivity index (χ0n) is 12.1. The monoisotopic (exact) mass is 263 g/mol.